The van der Waals surface area contributed by atoms with Crippen LogP contribution in [0.4, 0.5) is 0 Å². The van der Waals surface area contributed by atoms with Gasteiger partial charge in [-0.2, -0.15) is 0 Å². The Kier molecular flexibility index (Phi) is 6.76. The molecule has 0 spiro atoms. The van der Waals surface area contributed by atoms with E-state index in [9.17, 15) is 4.79 Å². The summed E-state index contributed by atoms with van der Waals surface area (Å²) in [5.74, 6) is 1.12. The lowest BCUT2D eigenvalue weighted by Gasteiger charge is -2.12. The molecule has 1 aromatic heterocycles. The zero-order valence-electron chi connectivity index (χ0n) is 18.5. The van der Waals surface area contributed by atoms with Gasteiger partial charge in [-0.15, -0.1) is 0 Å². The Hall–Kier alpha value is -3.31. The van der Waals surface area contributed by atoms with E-state index in [0.29, 0.717) is 18.0 Å². The Morgan fingerprint density at radius 2 is 1.72 bits per heavy atom. The Bertz CT molecular complexity index is 1240. The van der Waals surface area contributed by atoms with Gasteiger partial charge in [0, 0.05) is 22.4 Å². The van der Waals surface area contributed by atoms with E-state index in [-0.39, 0.29) is 5.91 Å². The summed E-state index contributed by atoms with van der Waals surface area (Å²) in [5.41, 5.74) is 3.66. The van der Waals surface area contributed by atoms with Crippen molar-refractivity contribution in [3.05, 3.63) is 95.6 Å². The smallest absolute Gasteiger partial charge is 0.252 e. The zero-order chi connectivity index (χ0) is 22.5. The average Bonchev–Trinajstić information content (AvgIpc) is 2.82. The average molecular weight is 443 g/mol. The van der Waals surface area contributed by atoms with Crippen molar-refractivity contribution in [2.45, 2.75) is 36.2 Å². The summed E-state index contributed by atoms with van der Waals surface area (Å²) in [4.78, 5) is 19.0. The summed E-state index contributed by atoms with van der Waals surface area (Å²) < 4.78 is 5.40. The van der Waals surface area contributed by atoms with E-state index in [1.807, 2.05) is 54.6 Å². The standard InChI is InChI=1S/C27H26N2O2S/c1-18(2)19-12-14-21(15-13-19)32-26-16-23(22-9-5-6-10-24(22)29-26)27(30)28-17-20-8-4-7-11-25(20)31-3/h4-16,18H,17H2,1-3H3,(H,28,30). The maximum atomic E-state index is 13.2. The van der Waals surface area contributed by atoms with E-state index in [2.05, 4.69) is 43.4 Å². The Balaban J connectivity index is 1.61. The van der Waals surface area contributed by atoms with Crippen molar-refractivity contribution in [3.63, 3.8) is 0 Å². The molecule has 4 aromatic rings. The van der Waals surface area contributed by atoms with Crippen LogP contribution in [-0.2, 0) is 6.54 Å². The van der Waals surface area contributed by atoms with E-state index in [4.69, 9.17) is 9.72 Å². The molecule has 1 amide bonds. The van der Waals surface area contributed by atoms with Gasteiger partial charge in [-0.1, -0.05) is 74.1 Å². The zero-order valence-corrected chi connectivity index (χ0v) is 19.3. The van der Waals surface area contributed by atoms with E-state index in [0.717, 1.165) is 32.1 Å². The molecule has 3 aromatic carbocycles. The predicted octanol–water partition coefficient (Wildman–Crippen LogP) is 6.45. The second kappa shape index (κ2) is 9.88. The number of fused-ring (bicyclic) bond motifs is 1. The fraction of sp³-hybridized carbons (Fsp3) is 0.185. The van der Waals surface area contributed by atoms with E-state index in [1.165, 1.54) is 5.56 Å². The molecule has 1 N–H and O–H groups in total. The lowest BCUT2D eigenvalue weighted by Crippen LogP contribution is -2.23. The van der Waals surface area contributed by atoms with Crippen LogP contribution in [0.25, 0.3) is 10.9 Å². The highest BCUT2D eigenvalue weighted by Crippen LogP contribution is 2.31. The second-order valence-electron chi connectivity index (χ2n) is 7.85. The van der Waals surface area contributed by atoms with Crippen LogP contribution in [0, 0.1) is 0 Å². The Morgan fingerprint density at radius 3 is 2.47 bits per heavy atom. The summed E-state index contributed by atoms with van der Waals surface area (Å²) in [6.45, 7) is 4.75. The number of carbonyl (C=O) groups is 1. The fourth-order valence-electron chi connectivity index (χ4n) is 3.55. The van der Waals surface area contributed by atoms with Crippen LogP contribution in [-0.4, -0.2) is 18.0 Å². The molecule has 5 heteroatoms. The number of aromatic nitrogens is 1. The highest BCUT2D eigenvalue weighted by molar-refractivity contribution is 7.99. The minimum absolute atomic E-state index is 0.133. The third kappa shape index (κ3) is 4.94. The monoisotopic (exact) mass is 442 g/mol. The molecule has 0 saturated carbocycles. The number of nitrogens with zero attached hydrogens (tertiary/aromatic N) is 1. The van der Waals surface area contributed by atoms with Crippen molar-refractivity contribution < 1.29 is 9.53 Å². The van der Waals surface area contributed by atoms with Gasteiger partial charge >= 0.3 is 0 Å². The topological polar surface area (TPSA) is 51.2 Å². The van der Waals surface area contributed by atoms with Gasteiger partial charge in [0.15, 0.2) is 0 Å². The van der Waals surface area contributed by atoms with Crippen LogP contribution in [0.1, 0.15) is 41.3 Å². The summed E-state index contributed by atoms with van der Waals surface area (Å²) >= 11 is 1.56. The van der Waals surface area contributed by atoms with Crippen molar-refractivity contribution in [2.24, 2.45) is 0 Å². The number of hydrogen-bond acceptors (Lipinski definition) is 4. The molecule has 32 heavy (non-hydrogen) atoms. The number of ether oxygens (including phenoxy) is 1. The third-order valence-corrected chi connectivity index (χ3v) is 6.26. The molecule has 0 saturated heterocycles. The second-order valence-corrected chi connectivity index (χ2v) is 8.94. The van der Waals surface area contributed by atoms with Crippen LogP contribution in [0.3, 0.4) is 0 Å². The fourth-order valence-corrected chi connectivity index (χ4v) is 4.39. The molecule has 1 heterocycles. The van der Waals surface area contributed by atoms with E-state index < -0.39 is 0 Å². The first-order chi connectivity index (χ1) is 15.5. The largest absolute Gasteiger partial charge is 0.496 e. The van der Waals surface area contributed by atoms with Crippen molar-refractivity contribution in [1.82, 2.24) is 10.3 Å². The number of methoxy groups -OCH3 is 1. The number of pyridine rings is 1. The number of amides is 1. The van der Waals surface area contributed by atoms with Crippen LogP contribution in [0.15, 0.2) is 88.8 Å². The quantitative estimate of drug-likeness (QED) is 0.357. The van der Waals surface area contributed by atoms with Crippen molar-refractivity contribution in [1.29, 1.82) is 0 Å². The third-order valence-electron chi connectivity index (χ3n) is 5.34. The highest BCUT2D eigenvalue weighted by Gasteiger charge is 2.14. The molecule has 0 bridgehead atoms. The van der Waals surface area contributed by atoms with Crippen LogP contribution in [0.5, 0.6) is 5.75 Å². The number of benzene rings is 3. The van der Waals surface area contributed by atoms with E-state index in [1.54, 1.807) is 18.9 Å². The first-order valence-electron chi connectivity index (χ1n) is 10.6. The summed E-state index contributed by atoms with van der Waals surface area (Å²) in [7, 11) is 1.63. The minimum atomic E-state index is -0.133. The number of hydrogen-bond donors (Lipinski definition) is 1. The molecular formula is C27H26N2O2S. The molecule has 0 atom stereocenters. The molecule has 0 aliphatic carbocycles. The van der Waals surface area contributed by atoms with Gasteiger partial charge in [0.05, 0.1) is 18.2 Å². The molecule has 162 valence electrons. The van der Waals surface area contributed by atoms with E-state index >= 15 is 0 Å². The molecule has 0 fully saturated rings. The van der Waals surface area contributed by atoms with Crippen molar-refractivity contribution in [3.8, 4) is 5.75 Å². The SMILES string of the molecule is COc1ccccc1CNC(=O)c1cc(Sc2ccc(C(C)C)cc2)nc2ccccc12. The maximum absolute atomic E-state index is 13.2. The van der Waals surface area contributed by atoms with Crippen molar-refractivity contribution in [2.75, 3.05) is 7.11 Å². The van der Waals surface area contributed by atoms with Gasteiger partial charge in [-0.05, 0) is 41.8 Å². The molecule has 4 rings (SSSR count). The molecule has 0 radical (unpaired) electrons. The number of carbonyl (C=O) groups excluding carboxylic acids is 1. The number of para-hydroxylation sites is 2. The Morgan fingerprint density at radius 1 is 1.00 bits per heavy atom. The van der Waals surface area contributed by atoms with Gasteiger partial charge in [0.25, 0.3) is 5.91 Å². The van der Waals surface area contributed by atoms with Gasteiger partial charge in [0.2, 0.25) is 0 Å². The molecule has 0 unspecified atom stereocenters. The highest BCUT2D eigenvalue weighted by atomic mass is 32.2. The van der Waals surface area contributed by atoms with Gasteiger partial charge in [-0.3, -0.25) is 4.79 Å². The Labute approximate surface area is 193 Å². The first-order valence-corrected chi connectivity index (χ1v) is 11.4. The normalized spacial score (nSPS) is 11.0. The molecule has 4 nitrogen and oxygen atoms in total. The lowest BCUT2D eigenvalue weighted by atomic mass is 10.0. The summed E-state index contributed by atoms with van der Waals surface area (Å²) in [5, 5.41) is 4.67. The molecule has 0 aliphatic rings. The molecule has 0 aliphatic heterocycles. The van der Waals surface area contributed by atoms with Gasteiger partial charge in [0.1, 0.15) is 10.8 Å². The first kappa shape index (κ1) is 21.9. The number of nitrogens with one attached hydrogen (secondary N) is 1. The maximum Gasteiger partial charge on any atom is 0.252 e. The van der Waals surface area contributed by atoms with Crippen LogP contribution < -0.4 is 10.1 Å². The minimum Gasteiger partial charge on any atom is -0.496 e. The summed E-state index contributed by atoms with van der Waals surface area (Å²) in [6.07, 6.45) is 0. The van der Waals surface area contributed by atoms with Gasteiger partial charge in [-0.25, -0.2) is 4.98 Å². The van der Waals surface area contributed by atoms with Crippen molar-refractivity contribution >= 4 is 28.6 Å². The summed E-state index contributed by atoms with van der Waals surface area (Å²) in [6, 6.07) is 25.8. The lowest BCUT2D eigenvalue weighted by molar-refractivity contribution is 0.0952. The molecular weight excluding hydrogens is 416 g/mol. The van der Waals surface area contributed by atoms with Gasteiger partial charge < -0.3 is 10.1 Å². The van der Waals surface area contributed by atoms with Crippen LogP contribution in [0.2, 0.25) is 0 Å². The number of rotatable bonds is 7. The van der Waals surface area contributed by atoms with Crippen LogP contribution >= 0.6 is 11.8 Å². The predicted molar refractivity (Wildman–Crippen MR) is 131 cm³/mol.